The Hall–Kier alpha value is -0.630. The van der Waals surface area contributed by atoms with E-state index in [1.54, 1.807) is 0 Å². The number of aliphatic hydroxyl groups excluding tert-OH is 1. The zero-order valence-corrected chi connectivity index (χ0v) is 11.2. The Kier molecular flexibility index (Phi) is 3.56. The molecule has 3 atom stereocenters. The van der Waals surface area contributed by atoms with Crippen LogP contribution in [0.1, 0.15) is 30.2 Å². The van der Waals surface area contributed by atoms with Crippen molar-refractivity contribution >= 4 is 11.8 Å². The van der Waals surface area contributed by atoms with E-state index in [4.69, 9.17) is 4.52 Å². The third kappa shape index (κ3) is 2.40. The molecule has 0 radical (unpaired) electrons. The molecule has 2 N–H and O–H groups in total. The summed E-state index contributed by atoms with van der Waals surface area (Å²) in [6.07, 6.45) is 0.343. The highest BCUT2D eigenvalue weighted by atomic mass is 32.2. The van der Waals surface area contributed by atoms with E-state index in [1.807, 2.05) is 11.8 Å². The fraction of sp³-hybridized carbons (Fsp3) is 0.818. The Balaban J connectivity index is 1.72. The maximum atomic E-state index is 9.49. The average molecular weight is 270 g/mol. The van der Waals surface area contributed by atoms with Gasteiger partial charge in [-0.25, -0.2) is 0 Å². The van der Waals surface area contributed by atoms with Crippen molar-refractivity contribution < 1.29 is 9.63 Å². The lowest BCUT2D eigenvalue weighted by atomic mass is 10.2. The van der Waals surface area contributed by atoms with Gasteiger partial charge in [0, 0.05) is 24.6 Å². The minimum atomic E-state index is -0.307. The van der Waals surface area contributed by atoms with Crippen molar-refractivity contribution in [1.29, 1.82) is 0 Å². The van der Waals surface area contributed by atoms with E-state index in [2.05, 4.69) is 27.4 Å². The molecule has 18 heavy (non-hydrogen) atoms. The fourth-order valence-corrected chi connectivity index (χ4v) is 3.60. The number of nitrogens with one attached hydrogen (secondary N) is 1. The molecule has 2 aliphatic rings. The van der Waals surface area contributed by atoms with E-state index in [-0.39, 0.29) is 18.2 Å². The quantitative estimate of drug-likeness (QED) is 0.794. The van der Waals surface area contributed by atoms with Crippen LogP contribution in [0.25, 0.3) is 0 Å². The lowest BCUT2D eigenvalue weighted by Crippen LogP contribution is -2.33. The van der Waals surface area contributed by atoms with Crippen LogP contribution in [-0.4, -0.2) is 57.9 Å². The summed E-state index contributed by atoms with van der Waals surface area (Å²) in [4.78, 5) is 6.76. The first-order valence-corrected chi connectivity index (χ1v) is 7.42. The summed E-state index contributed by atoms with van der Waals surface area (Å²) in [6.45, 7) is 1.65. The highest BCUT2D eigenvalue weighted by molar-refractivity contribution is 7.99. The lowest BCUT2D eigenvalue weighted by molar-refractivity contribution is 0.191. The number of aliphatic hydroxyl groups is 1. The molecule has 0 amide bonds. The van der Waals surface area contributed by atoms with Gasteiger partial charge in [0.05, 0.1) is 18.2 Å². The molecule has 2 fully saturated rings. The molecular formula is C11H18N4O2S. The van der Waals surface area contributed by atoms with Gasteiger partial charge in [-0.05, 0) is 13.5 Å². The van der Waals surface area contributed by atoms with Crippen LogP contribution in [-0.2, 0) is 0 Å². The summed E-state index contributed by atoms with van der Waals surface area (Å²) < 4.78 is 5.33. The van der Waals surface area contributed by atoms with Gasteiger partial charge in [-0.1, -0.05) is 5.16 Å². The first-order chi connectivity index (χ1) is 8.74. The highest BCUT2D eigenvalue weighted by Crippen LogP contribution is 2.28. The second-order valence-electron chi connectivity index (χ2n) is 4.91. The minimum absolute atomic E-state index is 0.00259. The first-order valence-electron chi connectivity index (χ1n) is 6.27. The molecule has 3 rings (SSSR count). The molecule has 100 valence electrons. The molecule has 0 aliphatic carbocycles. The topological polar surface area (TPSA) is 74.4 Å². The first kappa shape index (κ1) is 12.4. The van der Waals surface area contributed by atoms with E-state index in [0.717, 1.165) is 23.9 Å². The molecule has 0 spiro atoms. The summed E-state index contributed by atoms with van der Waals surface area (Å²) in [5, 5.41) is 16.8. The van der Waals surface area contributed by atoms with Gasteiger partial charge in [-0.3, -0.25) is 4.90 Å². The highest BCUT2D eigenvalue weighted by Gasteiger charge is 2.31. The van der Waals surface area contributed by atoms with Gasteiger partial charge in [-0.15, -0.1) is 0 Å². The summed E-state index contributed by atoms with van der Waals surface area (Å²) in [5.74, 6) is 3.54. The Morgan fingerprint density at radius 1 is 1.56 bits per heavy atom. The maximum Gasteiger partial charge on any atom is 0.243 e. The average Bonchev–Trinajstić information content (AvgIpc) is 2.98. The number of hydrogen-bond donors (Lipinski definition) is 2. The van der Waals surface area contributed by atoms with Crippen molar-refractivity contribution in [2.24, 2.45) is 0 Å². The molecule has 7 heteroatoms. The zero-order valence-electron chi connectivity index (χ0n) is 10.4. The summed E-state index contributed by atoms with van der Waals surface area (Å²) in [5.41, 5.74) is 0. The van der Waals surface area contributed by atoms with Crippen LogP contribution in [0.5, 0.6) is 0 Å². The molecule has 3 unspecified atom stereocenters. The van der Waals surface area contributed by atoms with Crippen LogP contribution in [0.15, 0.2) is 4.52 Å². The van der Waals surface area contributed by atoms with Crippen molar-refractivity contribution in [2.45, 2.75) is 24.6 Å². The summed E-state index contributed by atoms with van der Waals surface area (Å²) in [6, 6.07) is 0.246. The number of thioether (sulfide) groups is 1. The number of hydrogen-bond acceptors (Lipinski definition) is 7. The van der Waals surface area contributed by atoms with E-state index in [0.29, 0.717) is 18.9 Å². The summed E-state index contributed by atoms with van der Waals surface area (Å²) >= 11 is 1.92. The van der Waals surface area contributed by atoms with Gasteiger partial charge in [0.15, 0.2) is 5.82 Å². The lowest BCUT2D eigenvalue weighted by Gasteiger charge is -2.29. The largest absolute Gasteiger partial charge is 0.392 e. The third-order valence-corrected chi connectivity index (χ3v) is 4.58. The predicted octanol–water partition coefficient (Wildman–Crippen LogP) is 0.185. The second kappa shape index (κ2) is 5.16. The molecule has 2 saturated heterocycles. The Morgan fingerprint density at radius 2 is 2.44 bits per heavy atom. The van der Waals surface area contributed by atoms with Crippen molar-refractivity contribution in [1.82, 2.24) is 20.4 Å². The van der Waals surface area contributed by atoms with E-state index < -0.39 is 0 Å². The molecule has 2 aliphatic heterocycles. The van der Waals surface area contributed by atoms with Crippen molar-refractivity contribution in [2.75, 3.05) is 31.6 Å². The van der Waals surface area contributed by atoms with Crippen LogP contribution in [0.4, 0.5) is 0 Å². The standard InChI is InChI=1S/C11H18N4O2S/c1-15-2-3-18-6-9(15)10-13-11(17-14-10)8-4-7(16)5-12-8/h7-9,12,16H,2-6H2,1H3. The number of β-amino-alcohol motifs (C(OH)–C–C–N with tert-alkyl or cyclic N) is 1. The molecule has 3 heterocycles. The fourth-order valence-electron chi connectivity index (χ4n) is 2.39. The maximum absolute atomic E-state index is 9.49. The molecule has 0 bridgehead atoms. The van der Waals surface area contributed by atoms with E-state index in [1.165, 1.54) is 0 Å². The monoisotopic (exact) mass is 270 g/mol. The zero-order chi connectivity index (χ0) is 12.5. The third-order valence-electron chi connectivity index (χ3n) is 3.56. The Labute approximate surface area is 110 Å². The number of nitrogens with zero attached hydrogens (tertiary/aromatic N) is 3. The van der Waals surface area contributed by atoms with Crippen molar-refractivity contribution in [3.8, 4) is 0 Å². The van der Waals surface area contributed by atoms with Crippen LogP contribution in [0.3, 0.4) is 0 Å². The number of aromatic nitrogens is 2. The van der Waals surface area contributed by atoms with Crippen molar-refractivity contribution in [3.63, 3.8) is 0 Å². The molecule has 0 saturated carbocycles. The van der Waals surface area contributed by atoms with Gasteiger partial charge in [0.2, 0.25) is 5.89 Å². The second-order valence-corrected chi connectivity index (χ2v) is 6.06. The van der Waals surface area contributed by atoms with Gasteiger partial charge in [-0.2, -0.15) is 16.7 Å². The van der Waals surface area contributed by atoms with Crippen molar-refractivity contribution in [3.05, 3.63) is 11.7 Å². The van der Waals surface area contributed by atoms with Gasteiger partial charge in [0.1, 0.15) is 0 Å². The minimum Gasteiger partial charge on any atom is -0.392 e. The molecule has 0 aromatic carbocycles. The molecule has 1 aromatic rings. The molecule has 6 nitrogen and oxygen atoms in total. The Morgan fingerprint density at radius 3 is 3.17 bits per heavy atom. The smallest absolute Gasteiger partial charge is 0.243 e. The SMILES string of the molecule is CN1CCSCC1c1noc(C2CC(O)CN2)n1. The van der Waals surface area contributed by atoms with E-state index >= 15 is 0 Å². The van der Waals surface area contributed by atoms with E-state index in [9.17, 15) is 5.11 Å². The number of rotatable bonds is 2. The van der Waals surface area contributed by atoms with Crippen LogP contribution < -0.4 is 5.32 Å². The van der Waals surface area contributed by atoms with Gasteiger partial charge >= 0.3 is 0 Å². The normalized spacial score (nSPS) is 34.0. The molecule has 1 aromatic heterocycles. The van der Waals surface area contributed by atoms with Crippen LogP contribution >= 0.6 is 11.8 Å². The van der Waals surface area contributed by atoms with Gasteiger partial charge in [0.25, 0.3) is 0 Å². The van der Waals surface area contributed by atoms with Gasteiger partial charge < -0.3 is 14.9 Å². The molecular weight excluding hydrogens is 252 g/mol. The van der Waals surface area contributed by atoms with Crippen LogP contribution in [0.2, 0.25) is 0 Å². The predicted molar refractivity (Wildman–Crippen MR) is 68.4 cm³/mol. The Bertz CT molecular complexity index is 414. The van der Waals surface area contributed by atoms with Crippen LogP contribution in [0, 0.1) is 0 Å². The summed E-state index contributed by atoms with van der Waals surface area (Å²) in [7, 11) is 2.10.